The second kappa shape index (κ2) is 11.0. The highest BCUT2D eigenvalue weighted by Crippen LogP contribution is 2.20. The van der Waals surface area contributed by atoms with Crippen molar-refractivity contribution < 1.29 is 23.3 Å². The van der Waals surface area contributed by atoms with Crippen LogP contribution in [0.15, 0.2) is 51.6 Å². The van der Waals surface area contributed by atoms with Gasteiger partial charge in [-0.15, -0.1) is 0 Å². The van der Waals surface area contributed by atoms with Gasteiger partial charge in [0.1, 0.15) is 5.75 Å². The number of carbonyl (C=O) groups excluding carboxylic acids is 2. The van der Waals surface area contributed by atoms with E-state index in [-0.39, 0.29) is 24.1 Å². The molecule has 0 atom stereocenters. The van der Waals surface area contributed by atoms with E-state index in [9.17, 15) is 9.59 Å². The van der Waals surface area contributed by atoms with E-state index in [0.717, 1.165) is 30.6 Å². The van der Waals surface area contributed by atoms with E-state index in [1.54, 1.807) is 26.3 Å². The predicted molar refractivity (Wildman–Crippen MR) is 113 cm³/mol. The Labute approximate surface area is 180 Å². The van der Waals surface area contributed by atoms with Crippen LogP contribution < -0.4 is 10.1 Å². The fraction of sp³-hybridized carbons (Fsp3) is 0.364. The Hall–Kier alpha value is -3.62. The normalized spacial score (nSPS) is 10.6. The first-order chi connectivity index (χ1) is 15.1. The molecule has 31 heavy (non-hydrogen) atoms. The molecule has 0 saturated carbocycles. The van der Waals surface area contributed by atoms with Gasteiger partial charge in [0.05, 0.1) is 19.9 Å². The number of hydrogen-bond donors (Lipinski definition) is 1. The zero-order valence-electron chi connectivity index (χ0n) is 17.7. The van der Waals surface area contributed by atoms with Crippen molar-refractivity contribution in [1.29, 1.82) is 0 Å². The summed E-state index contributed by atoms with van der Waals surface area (Å²) < 4.78 is 15.5. The lowest BCUT2D eigenvalue weighted by atomic mass is 10.2. The van der Waals surface area contributed by atoms with Crippen molar-refractivity contribution in [3.63, 3.8) is 0 Å². The first-order valence-electron chi connectivity index (χ1n) is 10.1. The van der Waals surface area contributed by atoms with Crippen LogP contribution in [0.5, 0.6) is 5.75 Å². The molecule has 3 rings (SSSR count). The van der Waals surface area contributed by atoms with Crippen molar-refractivity contribution in [2.45, 2.75) is 25.7 Å². The molecule has 3 aromatic rings. The van der Waals surface area contributed by atoms with Gasteiger partial charge in [-0.05, 0) is 49.2 Å². The SMILES string of the molecule is COc1ccc(-c2noc(CCCCCNC(=O)CN(C)C(=O)c3ccco3)n2)cc1. The Morgan fingerprint density at radius 1 is 1.13 bits per heavy atom. The van der Waals surface area contributed by atoms with E-state index in [1.807, 2.05) is 24.3 Å². The molecule has 0 fully saturated rings. The third kappa shape index (κ3) is 6.43. The number of amides is 2. The monoisotopic (exact) mass is 426 g/mol. The molecular weight excluding hydrogens is 400 g/mol. The molecule has 0 aliphatic carbocycles. The summed E-state index contributed by atoms with van der Waals surface area (Å²) in [6.07, 6.45) is 4.70. The number of benzene rings is 1. The molecule has 1 aromatic carbocycles. The van der Waals surface area contributed by atoms with Crippen molar-refractivity contribution in [2.75, 3.05) is 27.2 Å². The Morgan fingerprint density at radius 3 is 2.65 bits per heavy atom. The van der Waals surface area contributed by atoms with Crippen LogP contribution in [0.2, 0.25) is 0 Å². The van der Waals surface area contributed by atoms with Gasteiger partial charge in [0, 0.05) is 25.6 Å². The number of hydrogen-bond acceptors (Lipinski definition) is 7. The first kappa shape index (κ1) is 22.1. The minimum Gasteiger partial charge on any atom is -0.497 e. The predicted octanol–water partition coefficient (Wildman–Crippen LogP) is 2.94. The highest BCUT2D eigenvalue weighted by Gasteiger charge is 2.16. The number of aryl methyl sites for hydroxylation is 1. The number of nitrogens with one attached hydrogen (secondary N) is 1. The third-order valence-electron chi connectivity index (χ3n) is 4.67. The summed E-state index contributed by atoms with van der Waals surface area (Å²) in [5.41, 5.74) is 0.869. The zero-order chi connectivity index (χ0) is 22.1. The first-order valence-corrected chi connectivity index (χ1v) is 10.1. The quantitative estimate of drug-likeness (QED) is 0.469. The van der Waals surface area contributed by atoms with Crippen LogP contribution in [0.1, 0.15) is 35.7 Å². The molecule has 0 aliphatic heterocycles. The van der Waals surface area contributed by atoms with Gasteiger partial charge in [-0.25, -0.2) is 0 Å². The van der Waals surface area contributed by atoms with Gasteiger partial charge in [0.25, 0.3) is 5.91 Å². The van der Waals surface area contributed by atoms with E-state index >= 15 is 0 Å². The van der Waals surface area contributed by atoms with E-state index in [0.29, 0.717) is 24.7 Å². The second-order valence-electron chi connectivity index (χ2n) is 7.04. The summed E-state index contributed by atoms with van der Waals surface area (Å²) in [4.78, 5) is 29.8. The van der Waals surface area contributed by atoms with E-state index in [4.69, 9.17) is 13.7 Å². The van der Waals surface area contributed by atoms with E-state index < -0.39 is 0 Å². The maximum Gasteiger partial charge on any atom is 0.289 e. The average molecular weight is 426 g/mol. The topological polar surface area (TPSA) is 111 Å². The number of unbranched alkanes of at least 4 members (excludes halogenated alkanes) is 2. The molecule has 2 heterocycles. The van der Waals surface area contributed by atoms with Crippen LogP contribution in [0.3, 0.4) is 0 Å². The largest absolute Gasteiger partial charge is 0.497 e. The molecule has 0 saturated heterocycles. The summed E-state index contributed by atoms with van der Waals surface area (Å²) in [5, 5.41) is 6.84. The number of methoxy groups -OCH3 is 1. The highest BCUT2D eigenvalue weighted by atomic mass is 16.5. The molecule has 2 amide bonds. The lowest BCUT2D eigenvalue weighted by molar-refractivity contribution is -0.121. The minimum absolute atomic E-state index is 0.0182. The van der Waals surface area contributed by atoms with Gasteiger partial charge < -0.3 is 23.9 Å². The molecule has 9 nitrogen and oxygen atoms in total. The molecule has 1 N–H and O–H groups in total. The molecule has 0 aliphatic rings. The number of aromatic nitrogens is 2. The van der Waals surface area contributed by atoms with Crippen LogP contribution >= 0.6 is 0 Å². The number of ether oxygens (including phenoxy) is 1. The van der Waals surface area contributed by atoms with Gasteiger partial charge in [0.15, 0.2) is 5.76 Å². The number of likely N-dealkylation sites (N-methyl/N-ethyl adjacent to an activating group) is 1. The second-order valence-corrected chi connectivity index (χ2v) is 7.04. The number of furan rings is 1. The third-order valence-corrected chi connectivity index (χ3v) is 4.67. The van der Waals surface area contributed by atoms with Crippen LogP contribution in [-0.2, 0) is 11.2 Å². The Balaban J connectivity index is 1.30. The van der Waals surface area contributed by atoms with Gasteiger partial charge in [0.2, 0.25) is 17.6 Å². The van der Waals surface area contributed by atoms with Gasteiger partial charge in [-0.3, -0.25) is 9.59 Å². The summed E-state index contributed by atoms with van der Waals surface area (Å²) >= 11 is 0. The average Bonchev–Trinajstić information content (AvgIpc) is 3.48. The van der Waals surface area contributed by atoms with Crippen LogP contribution in [0.25, 0.3) is 11.4 Å². The van der Waals surface area contributed by atoms with Gasteiger partial charge in [-0.1, -0.05) is 11.6 Å². The van der Waals surface area contributed by atoms with Crippen molar-refractivity contribution in [2.24, 2.45) is 0 Å². The number of carbonyl (C=O) groups is 2. The standard InChI is InChI=1S/C22H26N4O5/c1-26(22(28)18-7-6-14-30-18)15-19(27)23-13-5-3-4-8-20-24-21(25-31-20)16-9-11-17(29-2)12-10-16/h6-7,9-12,14H,3-5,8,13,15H2,1-2H3,(H,23,27). The van der Waals surface area contributed by atoms with Crippen molar-refractivity contribution in [3.05, 3.63) is 54.3 Å². The fourth-order valence-corrected chi connectivity index (χ4v) is 2.95. The van der Waals surface area contributed by atoms with Gasteiger partial charge >= 0.3 is 0 Å². The summed E-state index contributed by atoms with van der Waals surface area (Å²) in [7, 11) is 3.18. The lowest BCUT2D eigenvalue weighted by Crippen LogP contribution is -2.38. The molecule has 164 valence electrons. The molecule has 0 spiro atoms. The minimum atomic E-state index is -0.325. The molecule has 0 bridgehead atoms. The molecular formula is C22H26N4O5. The Morgan fingerprint density at radius 2 is 1.94 bits per heavy atom. The van der Waals surface area contributed by atoms with Crippen LogP contribution in [0.4, 0.5) is 0 Å². The fourth-order valence-electron chi connectivity index (χ4n) is 2.95. The van der Waals surface area contributed by atoms with Crippen molar-refractivity contribution >= 4 is 11.8 Å². The maximum atomic E-state index is 12.0. The number of rotatable bonds is 11. The summed E-state index contributed by atoms with van der Waals surface area (Å²) in [5.74, 6) is 1.60. The summed E-state index contributed by atoms with van der Waals surface area (Å²) in [6, 6.07) is 10.7. The van der Waals surface area contributed by atoms with Crippen LogP contribution in [-0.4, -0.2) is 54.1 Å². The van der Waals surface area contributed by atoms with Gasteiger partial charge in [-0.2, -0.15) is 4.98 Å². The smallest absolute Gasteiger partial charge is 0.289 e. The Bertz CT molecular complexity index is 966. The number of nitrogens with zero attached hydrogens (tertiary/aromatic N) is 3. The van der Waals surface area contributed by atoms with Crippen molar-refractivity contribution in [1.82, 2.24) is 20.4 Å². The molecule has 9 heteroatoms. The highest BCUT2D eigenvalue weighted by molar-refractivity contribution is 5.94. The van der Waals surface area contributed by atoms with E-state index in [1.165, 1.54) is 11.2 Å². The summed E-state index contributed by atoms with van der Waals surface area (Å²) in [6.45, 7) is 0.526. The lowest BCUT2D eigenvalue weighted by Gasteiger charge is -2.15. The molecule has 0 radical (unpaired) electrons. The molecule has 2 aromatic heterocycles. The van der Waals surface area contributed by atoms with E-state index in [2.05, 4.69) is 15.5 Å². The van der Waals surface area contributed by atoms with Crippen LogP contribution in [0, 0.1) is 0 Å². The van der Waals surface area contributed by atoms with Crippen molar-refractivity contribution in [3.8, 4) is 17.1 Å². The Kier molecular flexibility index (Phi) is 7.80. The molecule has 0 unspecified atom stereocenters. The zero-order valence-corrected chi connectivity index (χ0v) is 17.7. The maximum absolute atomic E-state index is 12.0.